The molecule has 2 saturated carbocycles. The second-order valence-corrected chi connectivity index (χ2v) is 14.0. The summed E-state index contributed by atoms with van der Waals surface area (Å²) in [5, 5.41) is 14.3. The molecule has 2 amide bonds. The molecule has 3 aliphatic rings. The topological polar surface area (TPSA) is 117 Å². The van der Waals surface area contributed by atoms with Crippen molar-refractivity contribution >= 4 is 46.6 Å². The molecule has 3 aromatic rings. The standard InChI is InChI=1S/C35H45ClN8O2/c1-4-32(45)40-27-7-5-6-24(16-27)18-37-34-31(36)20-38-35(42-34)41-28-19-39-44(21-28)29-8-10-43(11-9-29)33(46)17-30-23(3)14-25-12-22(2)13-26(30)15-25/h4-7,16,19-23,25-26,29-30H,1,8-15,17-18H2,2-3H3,(H,40,45)(H2,37,38,41,42)/t22-,23+,25-,26-,30?/m1/s1. The molecule has 1 saturated heterocycles. The summed E-state index contributed by atoms with van der Waals surface area (Å²) in [5.41, 5.74) is 2.41. The van der Waals surface area contributed by atoms with Crippen LogP contribution in [0.1, 0.15) is 70.4 Å². The van der Waals surface area contributed by atoms with Gasteiger partial charge in [0.25, 0.3) is 0 Å². The van der Waals surface area contributed by atoms with Crippen molar-refractivity contribution in [1.82, 2.24) is 24.6 Å². The molecule has 0 radical (unpaired) electrons. The van der Waals surface area contributed by atoms with E-state index in [1.807, 2.05) is 35.1 Å². The van der Waals surface area contributed by atoms with Crippen molar-refractivity contribution < 1.29 is 9.59 Å². The van der Waals surface area contributed by atoms with E-state index in [1.54, 1.807) is 12.4 Å². The summed E-state index contributed by atoms with van der Waals surface area (Å²) in [4.78, 5) is 36.0. The minimum atomic E-state index is -0.264. The summed E-state index contributed by atoms with van der Waals surface area (Å²) in [6.07, 6.45) is 14.3. The van der Waals surface area contributed by atoms with E-state index in [4.69, 9.17) is 11.6 Å². The lowest BCUT2D eigenvalue weighted by Gasteiger charge is -2.46. The Labute approximate surface area is 276 Å². The summed E-state index contributed by atoms with van der Waals surface area (Å²) in [7, 11) is 0. The first-order valence-corrected chi connectivity index (χ1v) is 17.0. The number of benzene rings is 1. The number of piperidine rings is 1. The predicted octanol–water partition coefficient (Wildman–Crippen LogP) is 7.07. The number of carbonyl (C=O) groups is 2. The Bertz CT molecular complexity index is 1550. The molecule has 2 bridgehead atoms. The molecule has 3 N–H and O–H groups in total. The number of fused-ring (bicyclic) bond motifs is 2. The van der Waals surface area contributed by atoms with Crippen molar-refractivity contribution in [2.24, 2.45) is 29.6 Å². The maximum atomic E-state index is 13.4. The van der Waals surface area contributed by atoms with Crippen LogP contribution in [0.5, 0.6) is 0 Å². The zero-order valence-corrected chi connectivity index (χ0v) is 27.5. The molecule has 46 heavy (non-hydrogen) atoms. The van der Waals surface area contributed by atoms with Crippen LogP contribution in [0.3, 0.4) is 0 Å². The fraction of sp³-hybridized carbons (Fsp3) is 0.514. The molecule has 2 aliphatic carbocycles. The van der Waals surface area contributed by atoms with E-state index in [9.17, 15) is 9.59 Å². The van der Waals surface area contributed by atoms with Gasteiger partial charge in [0.2, 0.25) is 17.8 Å². The summed E-state index contributed by atoms with van der Waals surface area (Å²) >= 11 is 6.39. The van der Waals surface area contributed by atoms with Gasteiger partial charge in [-0.05, 0) is 91.9 Å². The number of likely N-dealkylation sites (tertiary alicyclic amines) is 1. The van der Waals surface area contributed by atoms with Crippen molar-refractivity contribution in [3.05, 3.63) is 66.1 Å². The van der Waals surface area contributed by atoms with Gasteiger partial charge in [-0.25, -0.2) is 4.98 Å². The first kappa shape index (κ1) is 32.0. The Hall–Kier alpha value is -3.92. The van der Waals surface area contributed by atoms with Crippen molar-refractivity contribution in [3.8, 4) is 0 Å². The number of amides is 2. The predicted molar refractivity (Wildman–Crippen MR) is 182 cm³/mol. The van der Waals surface area contributed by atoms with Crippen molar-refractivity contribution in [3.63, 3.8) is 0 Å². The number of aromatic nitrogens is 4. The zero-order valence-electron chi connectivity index (χ0n) is 26.8. The van der Waals surface area contributed by atoms with Gasteiger partial charge in [-0.1, -0.05) is 44.2 Å². The van der Waals surface area contributed by atoms with Gasteiger partial charge in [-0.2, -0.15) is 10.1 Å². The van der Waals surface area contributed by atoms with E-state index in [0.29, 0.717) is 53.2 Å². The average Bonchev–Trinajstić information content (AvgIpc) is 3.51. The smallest absolute Gasteiger partial charge is 0.247 e. The van der Waals surface area contributed by atoms with Crippen LogP contribution in [-0.2, 0) is 16.1 Å². The lowest BCUT2D eigenvalue weighted by molar-refractivity contribution is -0.135. The number of hydrogen-bond acceptors (Lipinski definition) is 7. The van der Waals surface area contributed by atoms with Crippen LogP contribution in [0.4, 0.5) is 23.1 Å². The second kappa shape index (κ2) is 14.2. The largest absolute Gasteiger partial charge is 0.365 e. The number of hydrogen-bond donors (Lipinski definition) is 3. The summed E-state index contributed by atoms with van der Waals surface area (Å²) < 4.78 is 1.99. The highest BCUT2D eigenvalue weighted by atomic mass is 35.5. The van der Waals surface area contributed by atoms with Crippen LogP contribution in [0.2, 0.25) is 5.02 Å². The molecule has 11 heteroatoms. The van der Waals surface area contributed by atoms with Crippen LogP contribution in [0.25, 0.3) is 0 Å². The number of nitrogens with zero attached hydrogens (tertiary/aromatic N) is 5. The quantitative estimate of drug-likeness (QED) is 0.202. The maximum Gasteiger partial charge on any atom is 0.247 e. The fourth-order valence-electron chi connectivity index (χ4n) is 8.01. The van der Waals surface area contributed by atoms with Gasteiger partial charge in [0.15, 0.2) is 5.82 Å². The lowest BCUT2D eigenvalue weighted by atomic mass is 9.59. The highest BCUT2D eigenvalue weighted by molar-refractivity contribution is 6.32. The molecular formula is C35H45ClN8O2. The highest BCUT2D eigenvalue weighted by Crippen LogP contribution is 2.49. The minimum Gasteiger partial charge on any atom is -0.365 e. The summed E-state index contributed by atoms with van der Waals surface area (Å²) in [5.74, 6) is 4.55. The Morgan fingerprint density at radius 1 is 1.09 bits per heavy atom. The number of rotatable bonds is 10. The van der Waals surface area contributed by atoms with Crippen LogP contribution in [-0.4, -0.2) is 49.6 Å². The van der Waals surface area contributed by atoms with Crippen LogP contribution in [0.15, 0.2) is 55.5 Å². The average molecular weight is 645 g/mol. The first-order chi connectivity index (χ1) is 22.2. The molecule has 3 fully saturated rings. The molecule has 10 nitrogen and oxygen atoms in total. The third kappa shape index (κ3) is 7.71. The number of carbonyl (C=O) groups excluding carboxylic acids is 2. The molecule has 1 aromatic carbocycles. The van der Waals surface area contributed by atoms with E-state index >= 15 is 0 Å². The molecule has 244 valence electrons. The van der Waals surface area contributed by atoms with E-state index < -0.39 is 0 Å². The number of anilines is 4. The van der Waals surface area contributed by atoms with Crippen LogP contribution in [0, 0.1) is 29.6 Å². The molecule has 1 unspecified atom stereocenters. The van der Waals surface area contributed by atoms with Crippen LogP contribution < -0.4 is 16.0 Å². The highest BCUT2D eigenvalue weighted by Gasteiger charge is 2.41. The molecule has 2 aromatic heterocycles. The molecule has 3 heterocycles. The van der Waals surface area contributed by atoms with Gasteiger partial charge < -0.3 is 20.9 Å². The van der Waals surface area contributed by atoms with E-state index in [2.05, 4.69) is 56.3 Å². The Morgan fingerprint density at radius 2 is 1.91 bits per heavy atom. The van der Waals surface area contributed by atoms with Gasteiger partial charge in [-0.3, -0.25) is 14.3 Å². The van der Waals surface area contributed by atoms with E-state index in [1.165, 1.54) is 31.8 Å². The van der Waals surface area contributed by atoms with Gasteiger partial charge in [0.1, 0.15) is 5.02 Å². The van der Waals surface area contributed by atoms with E-state index in [0.717, 1.165) is 54.9 Å². The third-order valence-electron chi connectivity index (χ3n) is 10.2. The van der Waals surface area contributed by atoms with Crippen molar-refractivity contribution in [2.45, 2.75) is 71.4 Å². The monoisotopic (exact) mass is 644 g/mol. The van der Waals surface area contributed by atoms with Crippen molar-refractivity contribution in [1.29, 1.82) is 0 Å². The first-order valence-electron chi connectivity index (χ1n) is 16.6. The van der Waals surface area contributed by atoms with Gasteiger partial charge in [0, 0.05) is 37.9 Å². The second-order valence-electron chi connectivity index (χ2n) is 13.6. The summed E-state index contributed by atoms with van der Waals surface area (Å²) in [6, 6.07) is 7.74. The normalized spacial score (nSPS) is 24.7. The molecule has 5 atom stereocenters. The molecular weight excluding hydrogens is 600 g/mol. The van der Waals surface area contributed by atoms with Gasteiger partial charge in [0.05, 0.1) is 24.1 Å². The number of halogens is 1. The number of nitrogens with one attached hydrogen (secondary N) is 3. The third-order valence-corrected chi connectivity index (χ3v) is 10.4. The molecule has 1 aliphatic heterocycles. The molecule has 6 rings (SSSR count). The van der Waals surface area contributed by atoms with Gasteiger partial charge in [-0.15, -0.1) is 0 Å². The van der Waals surface area contributed by atoms with Crippen LogP contribution >= 0.6 is 11.6 Å². The Kier molecular flexibility index (Phi) is 9.92. The van der Waals surface area contributed by atoms with E-state index in [-0.39, 0.29) is 11.9 Å². The Balaban J connectivity index is 0.999. The lowest BCUT2D eigenvalue weighted by Crippen LogP contribution is -2.43. The Morgan fingerprint density at radius 3 is 2.72 bits per heavy atom. The maximum absolute atomic E-state index is 13.4. The van der Waals surface area contributed by atoms with Gasteiger partial charge >= 0.3 is 0 Å². The summed E-state index contributed by atoms with van der Waals surface area (Å²) in [6.45, 7) is 10.3. The molecule has 0 spiro atoms. The zero-order chi connectivity index (χ0) is 32.2. The van der Waals surface area contributed by atoms with Crippen molar-refractivity contribution in [2.75, 3.05) is 29.0 Å². The SMILES string of the molecule is C=CC(=O)Nc1cccc(CNc2nc(Nc3cnn(C4CCN(C(=O)CC5[C@@H]6C[C@H](C)C[C@@H](C6)C[C@@H]5C)CC4)c3)ncc2Cl)c1. The fourth-order valence-corrected chi connectivity index (χ4v) is 8.17. The minimum absolute atomic E-state index is 0.239.